The van der Waals surface area contributed by atoms with Crippen LogP contribution in [0.4, 0.5) is 0 Å². The second kappa shape index (κ2) is 4.82. The van der Waals surface area contributed by atoms with Crippen molar-refractivity contribution in [2.24, 2.45) is 0 Å². The van der Waals surface area contributed by atoms with E-state index in [0.717, 1.165) is 5.56 Å². The van der Waals surface area contributed by atoms with Crippen LogP contribution in [0.5, 0.6) is 0 Å². The Hall–Kier alpha value is -2.10. The van der Waals surface area contributed by atoms with Crippen LogP contribution in [0.2, 0.25) is 0 Å². The molecule has 17 heavy (non-hydrogen) atoms. The molecule has 4 heteroatoms. The molecule has 1 heterocycles. The van der Waals surface area contributed by atoms with E-state index in [-0.39, 0.29) is 5.97 Å². The SMILES string of the molecule is COC(=O)c1ccccc1CC1=CCOC1=O. The van der Waals surface area contributed by atoms with Crippen LogP contribution in [0.25, 0.3) is 0 Å². The Kier molecular flexibility index (Phi) is 3.23. The average molecular weight is 232 g/mol. The summed E-state index contributed by atoms with van der Waals surface area (Å²) in [5, 5.41) is 0. The van der Waals surface area contributed by atoms with Gasteiger partial charge in [-0.2, -0.15) is 0 Å². The Bertz CT molecular complexity index is 488. The summed E-state index contributed by atoms with van der Waals surface area (Å²) in [6.45, 7) is 0.314. The fourth-order valence-corrected chi connectivity index (χ4v) is 1.73. The molecule has 0 saturated carbocycles. The van der Waals surface area contributed by atoms with Gasteiger partial charge >= 0.3 is 11.9 Å². The Morgan fingerprint density at radius 3 is 2.82 bits per heavy atom. The minimum absolute atomic E-state index is 0.314. The first-order chi connectivity index (χ1) is 8.22. The van der Waals surface area contributed by atoms with E-state index in [1.165, 1.54) is 7.11 Å². The van der Waals surface area contributed by atoms with E-state index in [1.54, 1.807) is 24.3 Å². The quantitative estimate of drug-likeness (QED) is 0.741. The van der Waals surface area contributed by atoms with Crippen LogP contribution >= 0.6 is 0 Å². The topological polar surface area (TPSA) is 52.6 Å². The van der Waals surface area contributed by atoms with E-state index in [2.05, 4.69) is 0 Å². The molecule has 1 aliphatic heterocycles. The summed E-state index contributed by atoms with van der Waals surface area (Å²) in [5.41, 5.74) is 1.83. The van der Waals surface area contributed by atoms with Gasteiger partial charge in [-0.05, 0) is 17.7 Å². The molecule has 0 unspecified atom stereocenters. The van der Waals surface area contributed by atoms with E-state index in [9.17, 15) is 9.59 Å². The number of carbonyl (C=O) groups excluding carboxylic acids is 2. The van der Waals surface area contributed by atoms with E-state index in [0.29, 0.717) is 24.2 Å². The van der Waals surface area contributed by atoms with Gasteiger partial charge in [0.1, 0.15) is 6.61 Å². The van der Waals surface area contributed by atoms with Gasteiger partial charge in [0.15, 0.2) is 0 Å². The molecule has 88 valence electrons. The van der Waals surface area contributed by atoms with E-state index < -0.39 is 5.97 Å². The van der Waals surface area contributed by atoms with E-state index in [1.807, 2.05) is 6.07 Å². The van der Waals surface area contributed by atoms with Gasteiger partial charge in [0, 0.05) is 12.0 Å². The molecular weight excluding hydrogens is 220 g/mol. The van der Waals surface area contributed by atoms with Gasteiger partial charge in [-0.3, -0.25) is 0 Å². The molecular formula is C13H12O4. The number of hydrogen-bond donors (Lipinski definition) is 0. The second-order valence-corrected chi connectivity index (χ2v) is 3.65. The zero-order valence-corrected chi connectivity index (χ0v) is 9.43. The predicted molar refractivity (Wildman–Crippen MR) is 60.5 cm³/mol. The zero-order valence-electron chi connectivity index (χ0n) is 9.43. The van der Waals surface area contributed by atoms with Gasteiger partial charge in [-0.15, -0.1) is 0 Å². The standard InChI is InChI=1S/C13H12O4/c1-16-13(15)11-5-3-2-4-9(11)8-10-6-7-17-12(10)14/h2-6H,7-8H2,1H3. The third-order valence-electron chi connectivity index (χ3n) is 2.61. The third-order valence-corrected chi connectivity index (χ3v) is 2.61. The number of esters is 2. The molecule has 0 N–H and O–H groups in total. The van der Waals surface area contributed by atoms with Crippen molar-refractivity contribution in [1.29, 1.82) is 0 Å². The third kappa shape index (κ3) is 2.36. The summed E-state index contributed by atoms with van der Waals surface area (Å²) < 4.78 is 9.51. The number of carbonyl (C=O) groups is 2. The van der Waals surface area contributed by atoms with Crippen molar-refractivity contribution in [2.75, 3.05) is 13.7 Å². The highest BCUT2D eigenvalue weighted by atomic mass is 16.5. The van der Waals surface area contributed by atoms with Crippen LogP contribution in [0.15, 0.2) is 35.9 Å². The fourth-order valence-electron chi connectivity index (χ4n) is 1.73. The summed E-state index contributed by atoms with van der Waals surface area (Å²) in [4.78, 5) is 22.9. The first-order valence-corrected chi connectivity index (χ1v) is 5.24. The van der Waals surface area contributed by atoms with Crippen LogP contribution in [0.3, 0.4) is 0 Å². The Morgan fingerprint density at radius 2 is 2.18 bits per heavy atom. The Morgan fingerprint density at radius 1 is 1.41 bits per heavy atom. The molecule has 0 saturated heterocycles. The minimum atomic E-state index is -0.396. The molecule has 0 spiro atoms. The van der Waals surface area contributed by atoms with Crippen molar-refractivity contribution < 1.29 is 19.1 Å². The summed E-state index contributed by atoms with van der Waals surface area (Å²) >= 11 is 0. The van der Waals surface area contributed by atoms with E-state index in [4.69, 9.17) is 9.47 Å². The molecule has 0 radical (unpaired) electrons. The van der Waals surface area contributed by atoms with Crippen molar-refractivity contribution >= 4 is 11.9 Å². The largest absolute Gasteiger partial charge is 0.465 e. The molecule has 0 amide bonds. The van der Waals surface area contributed by atoms with Gasteiger partial charge < -0.3 is 9.47 Å². The Balaban J connectivity index is 2.26. The zero-order chi connectivity index (χ0) is 12.3. The van der Waals surface area contributed by atoms with Gasteiger partial charge in [0.25, 0.3) is 0 Å². The number of ether oxygens (including phenoxy) is 2. The number of benzene rings is 1. The lowest BCUT2D eigenvalue weighted by atomic mass is 10.00. The van der Waals surface area contributed by atoms with Crippen LogP contribution in [0, 0.1) is 0 Å². The molecule has 0 aliphatic carbocycles. The second-order valence-electron chi connectivity index (χ2n) is 3.65. The molecule has 4 nitrogen and oxygen atoms in total. The normalized spacial score (nSPS) is 14.2. The first kappa shape index (κ1) is 11.4. The maximum absolute atomic E-state index is 11.5. The van der Waals surface area contributed by atoms with Crippen LogP contribution < -0.4 is 0 Å². The van der Waals surface area contributed by atoms with E-state index >= 15 is 0 Å². The average Bonchev–Trinajstić information content (AvgIpc) is 2.75. The van der Waals surface area contributed by atoms with Crippen molar-refractivity contribution in [3.05, 3.63) is 47.0 Å². The van der Waals surface area contributed by atoms with Crippen LogP contribution in [-0.2, 0) is 20.7 Å². The molecule has 0 bridgehead atoms. The number of rotatable bonds is 3. The van der Waals surface area contributed by atoms with Crippen molar-refractivity contribution in [1.82, 2.24) is 0 Å². The smallest absolute Gasteiger partial charge is 0.338 e. The molecule has 0 fully saturated rings. The van der Waals surface area contributed by atoms with Crippen molar-refractivity contribution in [3.8, 4) is 0 Å². The van der Waals surface area contributed by atoms with Crippen LogP contribution in [-0.4, -0.2) is 25.7 Å². The molecule has 1 aromatic carbocycles. The van der Waals surface area contributed by atoms with Gasteiger partial charge in [0.2, 0.25) is 0 Å². The molecule has 0 aromatic heterocycles. The maximum Gasteiger partial charge on any atom is 0.338 e. The lowest BCUT2D eigenvalue weighted by Gasteiger charge is -2.07. The lowest BCUT2D eigenvalue weighted by molar-refractivity contribution is -0.136. The summed E-state index contributed by atoms with van der Waals surface area (Å²) in [7, 11) is 1.34. The fraction of sp³-hybridized carbons (Fsp3) is 0.231. The summed E-state index contributed by atoms with van der Waals surface area (Å²) in [5.74, 6) is -0.711. The summed E-state index contributed by atoms with van der Waals surface area (Å²) in [6.07, 6.45) is 2.13. The van der Waals surface area contributed by atoms with Crippen LogP contribution in [0.1, 0.15) is 15.9 Å². The molecule has 2 rings (SSSR count). The Labute approximate surface area is 98.8 Å². The van der Waals surface area contributed by atoms with Gasteiger partial charge in [0.05, 0.1) is 12.7 Å². The highest BCUT2D eigenvalue weighted by Crippen LogP contribution is 2.18. The lowest BCUT2D eigenvalue weighted by Crippen LogP contribution is -2.08. The molecule has 1 aromatic rings. The number of hydrogen-bond acceptors (Lipinski definition) is 4. The van der Waals surface area contributed by atoms with Crippen molar-refractivity contribution in [2.45, 2.75) is 6.42 Å². The molecule has 1 aliphatic rings. The molecule has 0 atom stereocenters. The minimum Gasteiger partial charge on any atom is -0.465 e. The number of methoxy groups -OCH3 is 1. The number of cyclic esters (lactones) is 1. The first-order valence-electron chi connectivity index (χ1n) is 5.24. The predicted octanol–water partition coefficient (Wildman–Crippen LogP) is 1.50. The summed E-state index contributed by atoms with van der Waals surface area (Å²) in [6, 6.07) is 7.07. The maximum atomic E-state index is 11.5. The monoisotopic (exact) mass is 232 g/mol. The highest BCUT2D eigenvalue weighted by molar-refractivity contribution is 5.94. The van der Waals surface area contributed by atoms with Gasteiger partial charge in [-0.1, -0.05) is 18.2 Å². The highest BCUT2D eigenvalue weighted by Gasteiger charge is 2.19. The van der Waals surface area contributed by atoms with Gasteiger partial charge in [-0.25, -0.2) is 9.59 Å². The van der Waals surface area contributed by atoms with Crippen molar-refractivity contribution in [3.63, 3.8) is 0 Å².